The lowest BCUT2D eigenvalue weighted by atomic mass is 10.3. The van der Waals surface area contributed by atoms with Crippen LogP contribution in [0.1, 0.15) is 0 Å². The first-order chi connectivity index (χ1) is 9.29. The zero-order chi connectivity index (χ0) is 14.8. The molecule has 2 aromatic rings. The maximum absolute atomic E-state index is 12.0. The van der Waals surface area contributed by atoms with Gasteiger partial charge in [-0.25, -0.2) is 22.0 Å². The molecular weight excluding hydrogens is 302 g/mol. The second-order valence-electron chi connectivity index (χ2n) is 3.87. The minimum absolute atomic E-state index is 0.0268. The van der Waals surface area contributed by atoms with E-state index >= 15 is 0 Å². The molecule has 0 unspecified atom stereocenters. The molecule has 1 aromatic heterocycles. The molecule has 0 amide bonds. The highest BCUT2D eigenvalue weighted by molar-refractivity contribution is 7.92. The van der Waals surface area contributed by atoms with Gasteiger partial charge in [-0.15, -0.1) is 0 Å². The smallest absolute Gasteiger partial charge is 0.263 e. The maximum Gasteiger partial charge on any atom is 0.263 e. The van der Waals surface area contributed by atoms with Crippen LogP contribution in [0.25, 0.3) is 0 Å². The average Bonchev–Trinajstić information content (AvgIpc) is 2.38. The highest BCUT2D eigenvalue weighted by Gasteiger charge is 2.15. The van der Waals surface area contributed by atoms with E-state index in [1.165, 1.54) is 42.7 Å². The monoisotopic (exact) mass is 313 g/mol. The number of pyridine rings is 1. The molecule has 3 N–H and O–H groups in total. The molecule has 0 atom stereocenters. The third-order valence-electron chi connectivity index (χ3n) is 2.36. The highest BCUT2D eigenvalue weighted by atomic mass is 32.2. The van der Waals surface area contributed by atoms with Gasteiger partial charge in [0.1, 0.15) is 4.90 Å². The standard InChI is InChI=1S/C11H11N3O4S2/c12-19(15,16)10-4-1-3-9(7-10)14-20(17,18)11-5-2-6-13-8-11/h1-8,14H,(H2,12,15,16). The van der Waals surface area contributed by atoms with Crippen LogP contribution in [0, 0.1) is 0 Å². The number of nitrogens with two attached hydrogens (primary N) is 1. The molecule has 0 aliphatic carbocycles. The van der Waals surface area contributed by atoms with Gasteiger partial charge in [-0.2, -0.15) is 0 Å². The van der Waals surface area contributed by atoms with Crippen molar-refractivity contribution in [2.75, 3.05) is 4.72 Å². The van der Waals surface area contributed by atoms with Gasteiger partial charge in [0.2, 0.25) is 10.0 Å². The van der Waals surface area contributed by atoms with Gasteiger partial charge in [0.05, 0.1) is 10.6 Å². The number of nitrogens with zero attached hydrogens (tertiary/aromatic N) is 1. The average molecular weight is 313 g/mol. The summed E-state index contributed by atoms with van der Waals surface area (Å²) in [7, 11) is -7.72. The van der Waals surface area contributed by atoms with Crippen molar-refractivity contribution < 1.29 is 16.8 Å². The summed E-state index contributed by atoms with van der Waals surface area (Å²) in [4.78, 5) is 3.51. The Bertz CT molecular complexity index is 818. The van der Waals surface area contributed by atoms with Gasteiger partial charge in [-0.05, 0) is 30.3 Å². The van der Waals surface area contributed by atoms with E-state index in [1.807, 2.05) is 0 Å². The molecule has 20 heavy (non-hydrogen) atoms. The van der Waals surface area contributed by atoms with Crippen molar-refractivity contribution in [1.82, 2.24) is 4.98 Å². The number of hydrogen-bond acceptors (Lipinski definition) is 5. The van der Waals surface area contributed by atoms with E-state index < -0.39 is 20.0 Å². The molecule has 2 rings (SSSR count). The number of sulfonamides is 2. The number of rotatable bonds is 4. The van der Waals surface area contributed by atoms with Crippen LogP contribution < -0.4 is 9.86 Å². The van der Waals surface area contributed by atoms with Crippen molar-refractivity contribution in [1.29, 1.82) is 0 Å². The van der Waals surface area contributed by atoms with E-state index in [-0.39, 0.29) is 15.5 Å². The van der Waals surface area contributed by atoms with Gasteiger partial charge in [0.25, 0.3) is 10.0 Å². The summed E-state index contributed by atoms with van der Waals surface area (Å²) in [5.74, 6) is 0. The quantitative estimate of drug-likeness (QED) is 0.853. The molecule has 0 saturated heterocycles. The lowest BCUT2D eigenvalue weighted by Gasteiger charge is -2.08. The minimum atomic E-state index is -3.89. The first-order valence-electron chi connectivity index (χ1n) is 5.35. The Balaban J connectivity index is 2.36. The van der Waals surface area contributed by atoms with Crippen LogP contribution in [0.2, 0.25) is 0 Å². The highest BCUT2D eigenvalue weighted by Crippen LogP contribution is 2.18. The van der Waals surface area contributed by atoms with Crippen LogP contribution in [-0.4, -0.2) is 21.8 Å². The Hall–Kier alpha value is -1.97. The number of primary sulfonamides is 1. The fourth-order valence-corrected chi connectivity index (χ4v) is 3.03. The Morgan fingerprint density at radius 1 is 1.00 bits per heavy atom. The number of nitrogens with one attached hydrogen (secondary N) is 1. The molecule has 106 valence electrons. The number of anilines is 1. The summed E-state index contributed by atoms with van der Waals surface area (Å²) in [6.45, 7) is 0. The Kier molecular flexibility index (Phi) is 3.75. The predicted octanol–water partition coefficient (Wildman–Crippen LogP) is 0.530. The Morgan fingerprint density at radius 3 is 2.30 bits per heavy atom. The van der Waals surface area contributed by atoms with Gasteiger partial charge in [-0.1, -0.05) is 6.07 Å². The van der Waals surface area contributed by atoms with Gasteiger partial charge in [0, 0.05) is 12.4 Å². The minimum Gasteiger partial charge on any atom is -0.280 e. The molecule has 7 nitrogen and oxygen atoms in total. The normalized spacial score (nSPS) is 12.1. The lowest BCUT2D eigenvalue weighted by molar-refractivity contribution is 0.596. The Labute approximate surface area is 116 Å². The largest absolute Gasteiger partial charge is 0.280 e. The summed E-state index contributed by atoms with van der Waals surface area (Å²) in [5, 5.41) is 4.99. The predicted molar refractivity (Wildman–Crippen MR) is 72.9 cm³/mol. The lowest BCUT2D eigenvalue weighted by Crippen LogP contribution is -2.15. The molecule has 0 aliphatic heterocycles. The van der Waals surface area contributed by atoms with Gasteiger partial charge in [-0.3, -0.25) is 9.71 Å². The van der Waals surface area contributed by atoms with Crippen molar-refractivity contribution in [2.24, 2.45) is 5.14 Å². The number of benzene rings is 1. The van der Waals surface area contributed by atoms with Crippen LogP contribution >= 0.6 is 0 Å². The summed E-state index contributed by atoms with van der Waals surface area (Å²) in [5.41, 5.74) is 0.0976. The summed E-state index contributed by atoms with van der Waals surface area (Å²) < 4.78 is 48.7. The molecule has 0 bridgehead atoms. The Morgan fingerprint density at radius 2 is 1.70 bits per heavy atom. The maximum atomic E-state index is 12.0. The van der Waals surface area contributed by atoms with Crippen molar-refractivity contribution in [3.63, 3.8) is 0 Å². The van der Waals surface area contributed by atoms with Crippen molar-refractivity contribution in [3.8, 4) is 0 Å². The van der Waals surface area contributed by atoms with E-state index in [0.29, 0.717) is 0 Å². The summed E-state index contributed by atoms with van der Waals surface area (Å²) in [6.07, 6.45) is 2.63. The zero-order valence-corrected chi connectivity index (χ0v) is 11.7. The molecule has 0 saturated carbocycles. The fraction of sp³-hybridized carbons (Fsp3) is 0. The zero-order valence-electron chi connectivity index (χ0n) is 10.1. The van der Waals surface area contributed by atoms with E-state index in [1.54, 1.807) is 0 Å². The second-order valence-corrected chi connectivity index (χ2v) is 7.11. The van der Waals surface area contributed by atoms with Crippen molar-refractivity contribution >= 4 is 25.7 Å². The third-order valence-corrected chi connectivity index (χ3v) is 4.64. The fourth-order valence-electron chi connectivity index (χ4n) is 1.46. The van der Waals surface area contributed by atoms with Gasteiger partial charge in [0.15, 0.2) is 0 Å². The van der Waals surface area contributed by atoms with Crippen LogP contribution in [0.3, 0.4) is 0 Å². The molecule has 0 radical (unpaired) electrons. The second kappa shape index (κ2) is 5.19. The molecule has 0 fully saturated rings. The first-order valence-corrected chi connectivity index (χ1v) is 8.38. The van der Waals surface area contributed by atoms with E-state index in [0.717, 1.165) is 6.07 Å². The SMILES string of the molecule is NS(=O)(=O)c1cccc(NS(=O)(=O)c2cccnc2)c1. The molecule has 0 aliphatic rings. The summed E-state index contributed by atoms with van der Waals surface area (Å²) in [6, 6.07) is 8.08. The van der Waals surface area contributed by atoms with Crippen LogP contribution in [-0.2, 0) is 20.0 Å². The van der Waals surface area contributed by atoms with Crippen LogP contribution in [0.5, 0.6) is 0 Å². The molecule has 0 spiro atoms. The summed E-state index contributed by atoms with van der Waals surface area (Å²) >= 11 is 0. The molecule has 1 aromatic carbocycles. The number of aromatic nitrogens is 1. The van der Waals surface area contributed by atoms with E-state index in [2.05, 4.69) is 9.71 Å². The van der Waals surface area contributed by atoms with Crippen LogP contribution in [0.15, 0.2) is 58.6 Å². The first kappa shape index (κ1) is 14.4. The molecule has 9 heteroatoms. The van der Waals surface area contributed by atoms with E-state index in [4.69, 9.17) is 5.14 Å². The van der Waals surface area contributed by atoms with Crippen LogP contribution in [0.4, 0.5) is 5.69 Å². The molecule has 1 heterocycles. The number of hydrogen-bond donors (Lipinski definition) is 2. The van der Waals surface area contributed by atoms with E-state index in [9.17, 15) is 16.8 Å². The van der Waals surface area contributed by atoms with Gasteiger partial charge >= 0.3 is 0 Å². The third kappa shape index (κ3) is 3.32. The topological polar surface area (TPSA) is 119 Å². The van der Waals surface area contributed by atoms with Crippen molar-refractivity contribution in [2.45, 2.75) is 9.79 Å². The molecular formula is C11H11N3O4S2. The van der Waals surface area contributed by atoms with Gasteiger partial charge < -0.3 is 0 Å². The van der Waals surface area contributed by atoms with Crippen molar-refractivity contribution in [3.05, 3.63) is 48.8 Å².